The average Bonchev–Trinajstić information content (AvgIpc) is 2.94. The molecule has 0 aliphatic heterocycles. The van der Waals surface area contributed by atoms with Gasteiger partial charge in [-0.3, -0.25) is 4.79 Å². The minimum Gasteiger partial charge on any atom is -0.495 e. The molecule has 0 saturated carbocycles. The number of rotatable bonds is 6. The second kappa shape index (κ2) is 7.39. The van der Waals surface area contributed by atoms with Gasteiger partial charge >= 0.3 is 5.97 Å². The van der Waals surface area contributed by atoms with Crippen LogP contribution in [-0.2, 0) is 6.54 Å². The van der Waals surface area contributed by atoms with Crippen molar-refractivity contribution in [2.24, 2.45) is 0 Å². The molecule has 0 radical (unpaired) electrons. The Bertz CT molecular complexity index is 758. The fourth-order valence-corrected chi connectivity index (χ4v) is 2.67. The number of hydrogen-bond acceptors (Lipinski definition) is 5. The molecule has 2 rings (SSSR count). The van der Waals surface area contributed by atoms with Gasteiger partial charge in [-0.2, -0.15) is 0 Å². The number of carbonyl (C=O) groups is 2. The number of furan rings is 1. The number of aromatic carboxylic acids is 1. The fraction of sp³-hybridized carbons (Fsp3) is 0.250. The summed E-state index contributed by atoms with van der Waals surface area (Å²) in [5, 5.41) is 11.7. The zero-order valence-corrected chi connectivity index (χ0v) is 14.9. The van der Waals surface area contributed by atoms with Gasteiger partial charge in [-0.15, -0.1) is 0 Å². The Labute approximate surface area is 146 Å². The molecule has 0 unspecified atom stereocenters. The molecule has 7 nitrogen and oxygen atoms in total. The standard InChI is InChI=1S/C16H16BrNO6/c1-8-11(16(20)21)6-10(24-8)7-18-15(19)9-4-12(22-2)14(17)13(5-9)23-3/h4-6H,7H2,1-3H3,(H,18,19)(H,20,21). The number of halogens is 1. The first-order valence-corrected chi connectivity index (χ1v) is 7.69. The van der Waals surface area contributed by atoms with Crippen LogP contribution < -0.4 is 14.8 Å². The largest absolute Gasteiger partial charge is 0.495 e. The van der Waals surface area contributed by atoms with E-state index in [4.69, 9.17) is 19.0 Å². The monoisotopic (exact) mass is 397 g/mol. The van der Waals surface area contributed by atoms with Gasteiger partial charge in [0, 0.05) is 5.56 Å². The van der Waals surface area contributed by atoms with E-state index in [1.807, 2.05) is 0 Å². The van der Waals surface area contributed by atoms with Gasteiger partial charge in [0.15, 0.2) is 0 Å². The van der Waals surface area contributed by atoms with E-state index in [9.17, 15) is 9.59 Å². The zero-order chi connectivity index (χ0) is 17.9. The van der Waals surface area contributed by atoms with Crippen molar-refractivity contribution in [2.45, 2.75) is 13.5 Å². The van der Waals surface area contributed by atoms with Crippen molar-refractivity contribution in [1.29, 1.82) is 0 Å². The lowest BCUT2D eigenvalue weighted by molar-refractivity contribution is 0.0694. The molecule has 24 heavy (non-hydrogen) atoms. The predicted molar refractivity (Wildman–Crippen MR) is 88.8 cm³/mol. The van der Waals surface area contributed by atoms with E-state index in [-0.39, 0.29) is 18.0 Å². The summed E-state index contributed by atoms with van der Waals surface area (Å²) in [7, 11) is 2.97. The number of carboxylic acids is 1. The topological polar surface area (TPSA) is 98.0 Å². The maximum Gasteiger partial charge on any atom is 0.339 e. The normalized spacial score (nSPS) is 10.3. The highest BCUT2D eigenvalue weighted by Gasteiger charge is 2.17. The molecule has 0 saturated heterocycles. The maximum atomic E-state index is 12.3. The third-order valence-corrected chi connectivity index (χ3v) is 4.11. The number of benzene rings is 1. The van der Waals surface area contributed by atoms with Crippen LogP contribution in [0.5, 0.6) is 11.5 Å². The second-order valence-corrected chi connectivity index (χ2v) is 5.66. The van der Waals surface area contributed by atoms with Crippen LogP contribution in [0, 0.1) is 6.92 Å². The van der Waals surface area contributed by atoms with E-state index < -0.39 is 5.97 Å². The number of hydrogen-bond donors (Lipinski definition) is 2. The number of nitrogens with one attached hydrogen (secondary N) is 1. The molecule has 128 valence electrons. The van der Waals surface area contributed by atoms with Crippen LogP contribution in [0.3, 0.4) is 0 Å². The van der Waals surface area contributed by atoms with Crippen molar-refractivity contribution in [3.05, 3.63) is 45.3 Å². The van der Waals surface area contributed by atoms with Crippen molar-refractivity contribution >= 4 is 27.8 Å². The minimum atomic E-state index is -1.07. The van der Waals surface area contributed by atoms with E-state index in [1.54, 1.807) is 19.1 Å². The van der Waals surface area contributed by atoms with Crippen molar-refractivity contribution in [3.63, 3.8) is 0 Å². The molecule has 1 amide bonds. The quantitative estimate of drug-likeness (QED) is 0.777. The van der Waals surface area contributed by atoms with Crippen molar-refractivity contribution in [2.75, 3.05) is 14.2 Å². The van der Waals surface area contributed by atoms with E-state index in [0.29, 0.717) is 33.1 Å². The van der Waals surface area contributed by atoms with E-state index >= 15 is 0 Å². The van der Waals surface area contributed by atoms with Crippen LogP contribution in [-0.4, -0.2) is 31.2 Å². The molecule has 0 spiro atoms. The molecular formula is C16H16BrNO6. The molecular weight excluding hydrogens is 382 g/mol. The lowest BCUT2D eigenvalue weighted by atomic mass is 10.2. The van der Waals surface area contributed by atoms with Gasteiger partial charge in [-0.25, -0.2) is 4.79 Å². The minimum absolute atomic E-state index is 0.0631. The van der Waals surface area contributed by atoms with Crippen LogP contribution in [0.25, 0.3) is 0 Å². The molecule has 1 aromatic carbocycles. The van der Waals surface area contributed by atoms with Crippen molar-refractivity contribution in [1.82, 2.24) is 5.32 Å². The first-order chi connectivity index (χ1) is 11.4. The summed E-state index contributed by atoms with van der Waals surface area (Å²) >= 11 is 3.33. The molecule has 1 heterocycles. The van der Waals surface area contributed by atoms with Crippen LogP contribution in [0.2, 0.25) is 0 Å². The first-order valence-electron chi connectivity index (χ1n) is 6.89. The Morgan fingerprint density at radius 3 is 2.25 bits per heavy atom. The van der Waals surface area contributed by atoms with E-state index in [0.717, 1.165) is 0 Å². The van der Waals surface area contributed by atoms with Gasteiger partial charge in [0.25, 0.3) is 5.91 Å². The Balaban J connectivity index is 2.15. The second-order valence-electron chi connectivity index (χ2n) is 4.87. The van der Waals surface area contributed by atoms with E-state index in [1.165, 1.54) is 20.3 Å². The molecule has 0 bridgehead atoms. The summed E-state index contributed by atoms with van der Waals surface area (Å²) in [6, 6.07) is 4.52. The van der Waals surface area contributed by atoms with Crippen LogP contribution in [0.4, 0.5) is 0 Å². The molecule has 1 aromatic heterocycles. The molecule has 0 fully saturated rings. The van der Waals surface area contributed by atoms with Gasteiger partial charge < -0.3 is 24.3 Å². The van der Waals surface area contributed by atoms with Crippen molar-refractivity contribution < 1.29 is 28.6 Å². The molecule has 8 heteroatoms. The lowest BCUT2D eigenvalue weighted by Crippen LogP contribution is -2.22. The van der Waals surface area contributed by atoms with Gasteiger partial charge in [0.05, 0.1) is 20.8 Å². The van der Waals surface area contributed by atoms with Crippen LogP contribution in [0.1, 0.15) is 32.2 Å². The maximum absolute atomic E-state index is 12.3. The highest BCUT2D eigenvalue weighted by molar-refractivity contribution is 9.10. The number of aryl methyl sites for hydroxylation is 1. The molecule has 0 atom stereocenters. The fourth-order valence-electron chi connectivity index (χ4n) is 2.11. The number of carbonyl (C=O) groups excluding carboxylic acids is 1. The van der Waals surface area contributed by atoms with Crippen LogP contribution in [0.15, 0.2) is 27.1 Å². The first kappa shape index (κ1) is 17.9. The number of amides is 1. The highest BCUT2D eigenvalue weighted by atomic mass is 79.9. The Kier molecular flexibility index (Phi) is 5.50. The summed E-state index contributed by atoms with van der Waals surface area (Å²) in [4.78, 5) is 23.3. The lowest BCUT2D eigenvalue weighted by Gasteiger charge is -2.11. The predicted octanol–water partition coefficient (Wildman–Crippen LogP) is 3.00. The number of carboxylic acid groups (broad SMARTS) is 1. The molecule has 0 aliphatic carbocycles. The van der Waals surface area contributed by atoms with Gasteiger partial charge in [-0.1, -0.05) is 0 Å². The average molecular weight is 398 g/mol. The zero-order valence-electron chi connectivity index (χ0n) is 13.3. The summed E-state index contributed by atoms with van der Waals surface area (Å²) in [6.45, 7) is 1.62. The molecule has 0 aliphatic rings. The third-order valence-electron chi connectivity index (χ3n) is 3.33. The third kappa shape index (κ3) is 3.70. The molecule has 2 N–H and O–H groups in total. The number of methoxy groups -OCH3 is 2. The van der Waals surface area contributed by atoms with Gasteiger partial charge in [0.2, 0.25) is 0 Å². The molecule has 2 aromatic rings. The van der Waals surface area contributed by atoms with Gasteiger partial charge in [-0.05, 0) is 41.1 Å². The summed E-state index contributed by atoms with van der Waals surface area (Å²) in [5.41, 5.74) is 0.417. The van der Waals surface area contributed by atoms with Gasteiger partial charge in [0.1, 0.15) is 33.1 Å². The van der Waals surface area contributed by atoms with Crippen molar-refractivity contribution in [3.8, 4) is 11.5 Å². The Morgan fingerprint density at radius 1 is 1.21 bits per heavy atom. The Hall–Kier alpha value is -2.48. The highest BCUT2D eigenvalue weighted by Crippen LogP contribution is 2.35. The summed E-state index contributed by atoms with van der Waals surface area (Å²) in [6.07, 6.45) is 0. The summed E-state index contributed by atoms with van der Waals surface area (Å²) < 4.78 is 16.3. The number of ether oxygens (including phenoxy) is 2. The summed E-state index contributed by atoms with van der Waals surface area (Å²) in [5.74, 6) is 0.122. The Morgan fingerprint density at radius 2 is 1.79 bits per heavy atom. The van der Waals surface area contributed by atoms with Crippen LogP contribution >= 0.6 is 15.9 Å². The smallest absolute Gasteiger partial charge is 0.339 e. The van der Waals surface area contributed by atoms with E-state index in [2.05, 4.69) is 21.2 Å². The SMILES string of the molecule is COc1cc(C(=O)NCc2cc(C(=O)O)c(C)o2)cc(OC)c1Br.